The van der Waals surface area contributed by atoms with Crippen molar-refractivity contribution in [2.24, 2.45) is 0 Å². The summed E-state index contributed by atoms with van der Waals surface area (Å²) in [5.41, 5.74) is 13.1. The molecule has 4 aromatic heterocycles. The maximum atomic E-state index is 15.2. The first-order chi connectivity index (χ1) is 44.8. The van der Waals surface area contributed by atoms with Crippen molar-refractivity contribution < 1.29 is 17.7 Å². The molecule has 13 aromatic rings. The molecule has 0 spiro atoms. The van der Waals surface area contributed by atoms with Gasteiger partial charge in [0.1, 0.15) is 22.3 Å². The van der Waals surface area contributed by atoms with Crippen molar-refractivity contribution in [3.05, 3.63) is 228 Å². The van der Waals surface area contributed by atoms with Gasteiger partial charge in [-0.15, -0.1) is 0 Å². The summed E-state index contributed by atoms with van der Waals surface area (Å²) in [6.07, 6.45) is 1.91. The van der Waals surface area contributed by atoms with E-state index in [4.69, 9.17) is 17.7 Å². The highest BCUT2D eigenvalue weighted by molar-refractivity contribution is 6.04. The molecule has 0 radical (unpaired) electrons. The lowest BCUT2D eigenvalue weighted by Crippen LogP contribution is -2.44. The van der Waals surface area contributed by atoms with Crippen LogP contribution in [0.25, 0.3) is 132 Å². The zero-order valence-electron chi connectivity index (χ0n) is 54.4. The standard InChI is InChI=1S/C82H73N3O8/c1-11-83(12-2)62-22-24-64-46(5)72(79(88)91-70(64)44-62)51-21-17-20-50(30-51)52-33-54(35-57(34-52)67-41-61-42-68-75-74(76(61)93-78(67)87)82(9,10)27-29-85(75)28-26-81(68,7)8)55-36-58(39-60(38-55)73-47(6)65-25-23-63(84(13-3)14-4)45-71(65)92-80(73)89)66-40-59-37-53-31-48-18-15-16-19-49(48)32-56(53)43-69(59)90-77(66)86/h15-25,30-45H,11-14,26-29H2,1-10H3. The summed E-state index contributed by atoms with van der Waals surface area (Å²) in [5, 5.41) is 7.30. The minimum atomic E-state index is -0.551. The summed E-state index contributed by atoms with van der Waals surface area (Å²) in [6.45, 7) is 26.5. The van der Waals surface area contributed by atoms with Crippen molar-refractivity contribution in [1.29, 1.82) is 0 Å². The van der Waals surface area contributed by atoms with Gasteiger partial charge in [0, 0.05) is 95.6 Å². The quantitative estimate of drug-likeness (QED) is 0.0856. The zero-order valence-corrected chi connectivity index (χ0v) is 54.4. The van der Waals surface area contributed by atoms with Crippen LogP contribution in [0.3, 0.4) is 0 Å². The van der Waals surface area contributed by atoms with Gasteiger partial charge in [-0.05, 0) is 257 Å². The maximum absolute atomic E-state index is 15.2. The number of aryl methyl sites for hydroxylation is 2. The maximum Gasteiger partial charge on any atom is 0.344 e. The largest absolute Gasteiger partial charge is 0.422 e. The van der Waals surface area contributed by atoms with Crippen LogP contribution in [-0.2, 0) is 10.8 Å². The summed E-state index contributed by atoms with van der Waals surface area (Å²) in [7, 11) is 0. The highest BCUT2D eigenvalue weighted by atomic mass is 16.4. The lowest BCUT2D eigenvalue weighted by atomic mass is 9.69. The average molecular weight is 1230 g/mol. The second-order valence-corrected chi connectivity index (χ2v) is 26.8. The van der Waals surface area contributed by atoms with E-state index in [2.05, 4.69) is 125 Å². The molecular weight excluding hydrogens is 1150 g/mol. The van der Waals surface area contributed by atoms with Gasteiger partial charge in [-0.3, -0.25) is 0 Å². The Balaban J connectivity index is 0.973. The molecule has 0 unspecified atom stereocenters. The van der Waals surface area contributed by atoms with Crippen LogP contribution in [0, 0.1) is 13.8 Å². The smallest absolute Gasteiger partial charge is 0.344 e. The van der Waals surface area contributed by atoms with E-state index in [0.717, 1.165) is 129 Å². The SMILES string of the molecule is CCN(CC)c1ccc2c(C)c(-c3cccc(-c4cc(-c5cc(-c6cc7cc8cc9ccccc9cc8cc7oc6=O)cc(-c6c(C)c7ccc(N(CC)CC)cc7oc6=O)c5)cc(-c5cc6cc7c8c(c6oc5=O)C(C)(C)CCN8CCC7(C)C)c4)c3)c(=O)oc2c1. The van der Waals surface area contributed by atoms with E-state index in [1.165, 1.54) is 11.3 Å². The van der Waals surface area contributed by atoms with Crippen LogP contribution in [0.5, 0.6) is 0 Å². The topological polar surface area (TPSA) is 131 Å². The predicted octanol–water partition coefficient (Wildman–Crippen LogP) is 18.9. The molecule has 93 heavy (non-hydrogen) atoms. The molecule has 0 N–H and O–H groups in total. The van der Waals surface area contributed by atoms with Gasteiger partial charge in [-0.25, -0.2) is 19.2 Å². The minimum absolute atomic E-state index is 0.131. The monoisotopic (exact) mass is 1230 g/mol. The molecule has 2 aliphatic rings. The third-order valence-electron chi connectivity index (χ3n) is 20.4. The summed E-state index contributed by atoms with van der Waals surface area (Å²) in [4.78, 5) is 66.2. The number of nitrogens with zero attached hydrogens (tertiary/aromatic N) is 3. The Bertz CT molecular complexity index is 5560. The minimum Gasteiger partial charge on any atom is -0.422 e. The normalized spacial score (nSPS) is 14.2. The molecule has 464 valence electrons. The molecule has 0 amide bonds. The van der Waals surface area contributed by atoms with Crippen molar-refractivity contribution >= 4 is 82.5 Å². The Morgan fingerprint density at radius 2 is 0.860 bits per heavy atom. The Morgan fingerprint density at radius 3 is 1.45 bits per heavy atom. The molecule has 9 aromatic carbocycles. The molecule has 0 bridgehead atoms. The van der Waals surface area contributed by atoms with Crippen LogP contribution in [0.2, 0.25) is 0 Å². The van der Waals surface area contributed by atoms with Crippen LogP contribution in [0.15, 0.2) is 201 Å². The third kappa shape index (κ3) is 9.93. The Labute approximate surface area is 538 Å². The van der Waals surface area contributed by atoms with Crippen molar-refractivity contribution in [2.45, 2.75) is 92.9 Å². The number of hydrogen-bond donors (Lipinski definition) is 0. The van der Waals surface area contributed by atoms with Crippen molar-refractivity contribution in [1.82, 2.24) is 0 Å². The summed E-state index contributed by atoms with van der Waals surface area (Å²) in [6, 6.07) is 54.3. The van der Waals surface area contributed by atoms with E-state index in [-0.39, 0.29) is 10.8 Å². The van der Waals surface area contributed by atoms with Gasteiger partial charge in [-0.1, -0.05) is 70.2 Å². The Hall–Kier alpha value is -10.3. The molecular formula is C82H73N3O8. The van der Waals surface area contributed by atoms with Crippen molar-refractivity contribution in [3.8, 4) is 66.8 Å². The van der Waals surface area contributed by atoms with E-state index < -0.39 is 22.5 Å². The Kier molecular flexibility index (Phi) is 14.1. The van der Waals surface area contributed by atoms with Gasteiger partial charge in [0.2, 0.25) is 0 Å². The van der Waals surface area contributed by atoms with Crippen molar-refractivity contribution in [2.75, 3.05) is 54.0 Å². The van der Waals surface area contributed by atoms with Crippen LogP contribution < -0.4 is 37.2 Å². The van der Waals surface area contributed by atoms with E-state index in [0.29, 0.717) is 83.5 Å². The van der Waals surface area contributed by atoms with Gasteiger partial charge < -0.3 is 32.4 Å². The number of fused-ring (bicyclic) bond motifs is 7. The fourth-order valence-electron chi connectivity index (χ4n) is 15.1. The lowest BCUT2D eigenvalue weighted by Gasteiger charge is -2.48. The van der Waals surface area contributed by atoms with Crippen molar-refractivity contribution in [3.63, 3.8) is 0 Å². The summed E-state index contributed by atoms with van der Waals surface area (Å²) >= 11 is 0. The average Bonchev–Trinajstić information content (AvgIpc) is 0.715. The van der Waals surface area contributed by atoms with E-state index >= 15 is 4.79 Å². The third-order valence-corrected chi connectivity index (χ3v) is 20.4. The molecule has 11 nitrogen and oxygen atoms in total. The van der Waals surface area contributed by atoms with Crippen LogP contribution in [0.1, 0.15) is 90.5 Å². The van der Waals surface area contributed by atoms with Crippen LogP contribution >= 0.6 is 0 Å². The molecule has 0 fully saturated rings. The molecule has 0 saturated carbocycles. The number of benzene rings is 9. The highest BCUT2D eigenvalue weighted by Crippen LogP contribution is 2.52. The van der Waals surface area contributed by atoms with E-state index in [9.17, 15) is 14.4 Å². The van der Waals surface area contributed by atoms with Crippen LogP contribution in [0.4, 0.5) is 17.1 Å². The van der Waals surface area contributed by atoms with Gasteiger partial charge in [-0.2, -0.15) is 0 Å². The van der Waals surface area contributed by atoms with Gasteiger partial charge in [0.25, 0.3) is 0 Å². The van der Waals surface area contributed by atoms with Gasteiger partial charge in [0.05, 0.1) is 22.3 Å². The number of anilines is 3. The van der Waals surface area contributed by atoms with E-state index in [1.807, 2.05) is 123 Å². The highest BCUT2D eigenvalue weighted by Gasteiger charge is 2.42. The molecule has 6 heterocycles. The van der Waals surface area contributed by atoms with E-state index in [1.54, 1.807) is 0 Å². The lowest BCUT2D eigenvalue weighted by molar-refractivity contribution is 0.398. The second-order valence-electron chi connectivity index (χ2n) is 26.8. The Morgan fingerprint density at radius 1 is 0.398 bits per heavy atom. The molecule has 15 rings (SSSR count). The zero-order chi connectivity index (χ0) is 64.5. The number of rotatable bonds is 12. The molecule has 0 saturated heterocycles. The second kappa shape index (κ2) is 22.3. The van der Waals surface area contributed by atoms with Gasteiger partial charge >= 0.3 is 22.5 Å². The molecule has 0 aliphatic carbocycles. The van der Waals surface area contributed by atoms with Gasteiger partial charge in [0.15, 0.2) is 0 Å². The molecule has 11 heteroatoms. The number of hydrogen-bond acceptors (Lipinski definition) is 11. The fraction of sp³-hybridized carbons (Fsp3) is 0.244. The summed E-state index contributed by atoms with van der Waals surface area (Å²) in [5.74, 6) is 0. The predicted molar refractivity (Wildman–Crippen MR) is 382 cm³/mol. The van der Waals surface area contributed by atoms with Crippen LogP contribution in [-0.4, -0.2) is 39.3 Å². The summed E-state index contributed by atoms with van der Waals surface area (Å²) < 4.78 is 25.5. The molecule has 2 aliphatic heterocycles. The molecule has 0 atom stereocenters. The first-order valence-corrected chi connectivity index (χ1v) is 32.7. The first-order valence-electron chi connectivity index (χ1n) is 32.7. The first kappa shape index (κ1) is 59.1. The fourth-order valence-corrected chi connectivity index (χ4v) is 15.1.